The lowest BCUT2D eigenvalue weighted by Crippen LogP contribution is -3.00. The molecule has 0 aromatic heterocycles. The van der Waals surface area contributed by atoms with E-state index < -0.39 is 0 Å². The molecule has 0 heterocycles. The molecule has 0 saturated carbocycles. The normalized spacial score (nSPS) is 14.6. The highest BCUT2D eigenvalue weighted by Gasteiger charge is 2.17. The SMILES string of the molecule is CCC[N+](C)(CC)CCCCCCCCCCCCCCCCCC[N+](C)(CC)CCC.[Br-].[Br-]. The molecule has 0 aromatic rings. The highest BCUT2D eigenvalue weighted by atomic mass is 79.9. The first-order valence-corrected chi connectivity index (χ1v) is 15.1. The third kappa shape index (κ3) is 23.3. The molecule has 0 amide bonds. The van der Waals surface area contributed by atoms with E-state index in [4.69, 9.17) is 0 Å². The molecule has 2 unspecified atom stereocenters. The molecule has 0 aliphatic carbocycles. The molecule has 0 saturated heterocycles. The van der Waals surface area contributed by atoms with Gasteiger partial charge in [-0.2, -0.15) is 0 Å². The van der Waals surface area contributed by atoms with Crippen molar-refractivity contribution in [3.05, 3.63) is 0 Å². The zero-order valence-corrected chi connectivity index (χ0v) is 27.8. The van der Waals surface area contributed by atoms with E-state index in [9.17, 15) is 0 Å². The summed E-state index contributed by atoms with van der Waals surface area (Å²) >= 11 is 0. The monoisotopic (exact) mass is 612 g/mol. The first-order chi connectivity index (χ1) is 15.4. The standard InChI is InChI=1S/C30H66N2.2BrH/c1-7-27-31(5,9-3)29-25-23-21-19-17-15-13-11-12-14-16-18-20-22-24-26-30-32(6,10-4)28-8-2;;/h7-30H2,1-6H3;2*1H/q+2;;/p-2. The summed E-state index contributed by atoms with van der Waals surface area (Å²) in [7, 11) is 4.89. The number of nitrogens with zero attached hydrogens (tertiary/aromatic N) is 2. The average Bonchev–Trinajstić information content (AvgIpc) is 2.78. The predicted molar refractivity (Wildman–Crippen MR) is 147 cm³/mol. The Hall–Kier alpha value is 0.880. The lowest BCUT2D eigenvalue weighted by molar-refractivity contribution is -0.908. The second-order valence-electron chi connectivity index (χ2n) is 11.4. The first kappa shape index (κ1) is 39.4. The summed E-state index contributed by atoms with van der Waals surface area (Å²) in [4.78, 5) is 0. The van der Waals surface area contributed by atoms with Gasteiger partial charge < -0.3 is 42.9 Å². The van der Waals surface area contributed by atoms with Crippen LogP contribution in [0.2, 0.25) is 0 Å². The Kier molecular flexibility index (Phi) is 31.2. The van der Waals surface area contributed by atoms with Crippen LogP contribution < -0.4 is 34.0 Å². The van der Waals surface area contributed by atoms with Crippen molar-refractivity contribution >= 4 is 0 Å². The topological polar surface area (TPSA) is 0 Å². The van der Waals surface area contributed by atoms with Gasteiger partial charge in [0.25, 0.3) is 0 Å². The Morgan fingerprint density at radius 1 is 0.324 bits per heavy atom. The smallest absolute Gasteiger partial charge is 0.0784 e. The van der Waals surface area contributed by atoms with Crippen molar-refractivity contribution in [1.82, 2.24) is 0 Å². The summed E-state index contributed by atoms with van der Waals surface area (Å²) in [5.74, 6) is 0. The summed E-state index contributed by atoms with van der Waals surface area (Å²) in [5.41, 5.74) is 0. The van der Waals surface area contributed by atoms with Crippen molar-refractivity contribution in [2.24, 2.45) is 0 Å². The van der Waals surface area contributed by atoms with E-state index in [1.54, 1.807) is 0 Å². The van der Waals surface area contributed by atoms with Gasteiger partial charge in [0.2, 0.25) is 0 Å². The highest BCUT2D eigenvalue weighted by Crippen LogP contribution is 2.15. The van der Waals surface area contributed by atoms with Crippen molar-refractivity contribution in [2.45, 2.75) is 143 Å². The van der Waals surface area contributed by atoms with Gasteiger partial charge in [-0.3, -0.25) is 0 Å². The van der Waals surface area contributed by atoms with Gasteiger partial charge in [0.05, 0.1) is 53.4 Å². The van der Waals surface area contributed by atoms with Crippen molar-refractivity contribution in [3.63, 3.8) is 0 Å². The van der Waals surface area contributed by atoms with E-state index in [-0.39, 0.29) is 34.0 Å². The Balaban J connectivity index is -0.00000480. The molecule has 0 radical (unpaired) electrons. The maximum atomic E-state index is 2.44. The number of rotatable bonds is 25. The molecule has 0 aliphatic rings. The molecule has 0 bridgehead atoms. The van der Waals surface area contributed by atoms with E-state index in [0.29, 0.717) is 0 Å². The van der Waals surface area contributed by atoms with E-state index >= 15 is 0 Å². The Morgan fingerprint density at radius 2 is 0.529 bits per heavy atom. The van der Waals surface area contributed by atoms with Crippen LogP contribution in [0.5, 0.6) is 0 Å². The minimum atomic E-state index is 0. The van der Waals surface area contributed by atoms with Crippen LogP contribution in [-0.4, -0.2) is 62.3 Å². The zero-order valence-electron chi connectivity index (χ0n) is 24.6. The Morgan fingerprint density at radius 3 is 0.706 bits per heavy atom. The predicted octanol–water partition coefficient (Wildman–Crippen LogP) is 2.99. The second kappa shape index (κ2) is 26.9. The fourth-order valence-electron chi connectivity index (χ4n) is 5.40. The third-order valence-corrected chi connectivity index (χ3v) is 8.20. The molecule has 2 nitrogen and oxygen atoms in total. The quantitative estimate of drug-likeness (QED) is 0.110. The van der Waals surface area contributed by atoms with Crippen LogP contribution in [0.25, 0.3) is 0 Å². The number of unbranched alkanes of at least 4 members (excludes halogenated alkanes) is 15. The second-order valence-corrected chi connectivity index (χ2v) is 11.4. The minimum absolute atomic E-state index is 0. The van der Waals surface area contributed by atoms with Gasteiger partial charge in [-0.15, -0.1) is 0 Å². The van der Waals surface area contributed by atoms with Gasteiger partial charge in [0.1, 0.15) is 0 Å². The van der Waals surface area contributed by atoms with Crippen molar-refractivity contribution < 1.29 is 42.9 Å². The van der Waals surface area contributed by atoms with Gasteiger partial charge >= 0.3 is 0 Å². The van der Waals surface area contributed by atoms with Crippen LogP contribution in [-0.2, 0) is 0 Å². The molecule has 0 N–H and O–H groups in total. The zero-order chi connectivity index (χ0) is 24.0. The summed E-state index contributed by atoms with van der Waals surface area (Å²) in [6.45, 7) is 17.4. The lowest BCUT2D eigenvalue weighted by Gasteiger charge is -2.33. The fourth-order valence-corrected chi connectivity index (χ4v) is 5.40. The maximum absolute atomic E-state index is 2.44. The summed E-state index contributed by atoms with van der Waals surface area (Å²) in [5, 5.41) is 0. The van der Waals surface area contributed by atoms with Gasteiger partial charge in [-0.05, 0) is 52.4 Å². The summed E-state index contributed by atoms with van der Waals surface area (Å²) in [6.07, 6.45) is 26.1. The molecule has 0 rings (SSSR count). The molecule has 0 aromatic carbocycles. The van der Waals surface area contributed by atoms with Crippen LogP contribution >= 0.6 is 0 Å². The van der Waals surface area contributed by atoms with Crippen molar-refractivity contribution in [1.29, 1.82) is 0 Å². The largest absolute Gasteiger partial charge is 1.00 e. The van der Waals surface area contributed by atoms with Crippen LogP contribution in [0.1, 0.15) is 143 Å². The van der Waals surface area contributed by atoms with Crippen LogP contribution in [0.15, 0.2) is 0 Å². The van der Waals surface area contributed by atoms with E-state index in [1.165, 1.54) is 164 Å². The van der Waals surface area contributed by atoms with Gasteiger partial charge in [0, 0.05) is 0 Å². The fraction of sp³-hybridized carbons (Fsp3) is 1.00. The number of hydrogen-bond acceptors (Lipinski definition) is 0. The van der Waals surface area contributed by atoms with Crippen molar-refractivity contribution in [2.75, 3.05) is 53.4 Å². The van der Waals surface area contributed by atoms with E-state index in [1.807, 2.05) is 0 Å². The van der Waals surface area contributed by atoms with E-state index in [2.05, 4.69) is 41.8 Å². The Labute approximate surface area is 238 Å². The molecule has 34 heavy (non-hydrogen) atoms. The van der Waals surface area contributed by atoms with Gasteiger partial charge in [-0.1, -0.05) is 90.9 Å². The molecule has 0 fully saturated rings. The number of quaternary nitrogens is 2. The van der Waals surface area contributed by atoms with E-state index in [0.717, 1.165) is 0 Å². The van der Waals surface area contributed by atoms with Crippen LogP contribution in [0.3, 0.4) is 0 Å². The average molecular weight is 615 g/mol. The highest BCUT2D eigenvalue weighted by molar-refractivity contribution is 4.51. The van der Waals surface area contributed by atoms with Crippen molar-refractivity contribution in [3.8, 4) is 0 Å². The molecular formula is C30H66Br2N2. The summed E-state index contributed by atoms with van der Waals surface area (Å²) in [6, 6.07) is 0. The molecular weight excluding hydrogens is 548 g/mol. The van der Waals surface area contributed by atoms with Crippen LogP contribution in [0.4, 0.5) is 0 Å². The lowest BCUT2D eigenvalue weighted by atomic mass is 10.0. The number of halogens is 2. The molecule has 0 spiro atoms. The molecule has 0 aliphatic heterocycles. The minimum Gasteiger partial charge on any atom is -1.00 e. The summed E-state index contributed by atoms with van der Waals surface area (Å²) < 4.78 is 2.57. The molecule has 2 atom stereocenters. The Bertz CT molecular complexity index is 358. The molecule has 210 valence electrons. The number of hydrogen-bond donors (Lipinski definition) is 0. The van der Waals surface area contributed by atoms with Crippen LogP contribution in [0, 0.1) is 0 Å². The molecule has 4 heteroatoms. The maximum Gasteiger partial charge on any atom is 0.0784 e. The van der Waals surface area contributed by atoms with Gasteiger partial charge in [0.15, 0.2) is 0 Å². The van der Waals surface area contributed by atoms with Gasteiger partial charge in [-0.25, -0.2) is 0 Å². The first-order valence-electron chi connectivity index (χ1n) is 15.1. The third-order valence-electron chi connectivity index (χ3n) is 8.20.